The predicted molar refractivity (Wildman–Crippen MR) is 105 cm³/mol. The third-order valence-corrected chi connectivity index (χ3v) is 6.49. The molecule has 6 nitrogen and oxygen atoms in total. The van der Waals surface area contributed by atoms with Crippen molar-refractivity contribution in [2.24, 2.45) is 0 Å². The minimum absolute atomic E-state index is 0.0440. The summed E-state index contributed by atoms with van der Waals surface area (Å²) in [6.07, 6.45) is 0. The summed E-state index contributed by atoms with van der Waals surface area (Å²) in [6.45, 7) is 1.89. The van der Waals surface area contributed by atoms with Crippen LogP contribution in [0.1, 0.15) is 0 Å². The van der Waals surface area contributed by atoms with Gasteiger partial charge in [-0.05, 0) is 42.5 Å². The lowest BCUT2D eigenvalue weighted by Crippen LogP contribution is -2.36. The quantitative estimate of drug-likeness (QED) is 0.542. The van der Waals surface area contributed by atoms with Gasteiger partial charge in [0.2, 0.25) is 26.6 Å². The van der Waals surface area contributed by atoms with Gasteiger partial charge in [-0.25, -0.2) is 12.8 Å². The number of morpholine rings is 1. The Hall–Kier alpha value is -2.23. The maximum absolute atomic E-state index is 13.3. The summed E-state index contributed by atoms with van der Waals surface area (Å²) in [4.78, 5) is 6.07. The zero-order valence-electron chi connectivity index (χ0n) is 14.6. The Balaban J connectivity index is 1.85. The molecule has 4 rings (SSSR count). The smallest absolute Gasteiger partial charge is 0.236 e. The third-order valence-electron chi connectivity index (χ3n) is 4.33. The standard InChI is InChI=1S/C19H16BrFN2O4S/c20-14-3-1-2-13(12-14)17-22-18(19(27-17)23-8-10-26-11-9-23)28(24,25)16-6-4-15(21)5-7-16/h1-7,12H,8-11H2. The summed E-state index contributed by atoms with van der Waals surface area (Å²) in [7, 11) is -4.00. The van der Waals surface area contributed by atoms with Crippen LogP contribution in [0.15, 0.2) is 67.3 Å². The number of oxazole rings is 1. The fourth-order valence-corrected chi connectivity index (χ4v) is 4.63. The largest absolute Gasteiger partial charge is 0.419 e. The van der Waals surface area contributed by atoms with E-state index in [4.69, 9.17) is 9.15 Å². The van der Waals surface area contributed by atoms with Gasteiger partial charge in [-0.3, -0.25) is 0 Å². The number of rotatable bonds is 4. The fraction of sp³-hybridized carbons (Fsp3) is 0.211. The number of nitrogens with zero attached hydrogens (tertiary/aromatic N) is 2. The molecule has 2 aromatic carbocycles. The SMILES string of the molecule is O=S(=O)(c1ccc(F)cc1)c1nc(-c2cccc(Br)c2)oc1N1CCOCC1. The van der Waals surface area contributed by atoms with Gasteiger partial charge in [0.15, 0.2) is 0 Å². The van der Waals surface area contributed by atoms with Gasteiger partial charge in [0.05, 0.1) is 18.1 Å². The number of sulfone groups is 1. The molecule has 0 bridgehead atoms. The van der Waals surface area contributed by atoms with Crippen LogP contribution in [0.4, 0.5) is 10.3 Å². The van der Waals surface area contributed by atoms with Gasteiger partial charge in [-0.1, -0.05) is 22.0 Å². The van der Waals surface area contributed by atoms with Crippen LogP contribution in [-0.4, -0.2) is 39.7 Å². The van der Waals surface area contributed by atoms with Crippen molar-refractivity contribution in [3.8, 4) is 11.5 Å². The van der Waals surface area contributed by atoms with Crippen LogP contribution >= 0.6 is 15.9 Å². The highest BCUT2D eigenvalue weighted by molar-refractivity contribution is 9.10. The Kier molecular flexibility index (Phi) is 5.22. The summed E-state index contributed by atoms with van der Waals surface area (Å²) in [5, 5.41) is -0.184. The topological polar surface area (TPSA) is 72.6 Å². The first-order chi connectivity index (χ1) is 13.4. The average Bonchev–Trinajstić information content (AvgIpc) is 3.15. The Morgan fingerprint density at radius 2 is 1.79 bits per heavy atom. The van der Waals surface area contributed by atoms with Crippen molar-refractivity contribution in [2.45, 2.75) is 9.92 Å². The first kappa shape index (κ1) is 19.1. The number of hydrogen-bond donors (Lipinski definition) is 0. The molecule has 0 saturated carbocycles. The van der Waals surface area contributed by atoms with Gasteiger partial charge in [0.1, 0.15) is 5.82 Å². The Bertz CT molecular complexity index is 1090. The number of hydrogen-bond acceptors (Lipinski definition) is 6. The number of aromatic nitrogens is 1. The first-order valence-corrected chi connectivity index (χ1v) is 10.8. The molecule has 28 heavy (non-hydrogen) atoms. The molecule has 0 aliphatic carbocycles. The molecule has 0 spiro atoms. The maximum Gasteiger partial charge on any atom is 0.236 e. The Morgan fingerprint density at radius 1 is 1.07 bits per heavy atom. The Labute approximate surface area is 170 Å². The van der Waals surface area contributed by atoms with E-state index in [1.165, 1.54) is 12.1 Å². The van der Waals surface area contributed by atoms with E-state index in [2.05, 4.69) is 20.9 Å². The molecule has 3 aromatic rings. The first-order valence-electron chi connectivity index (χ1n) is 8.55. The van der Waals surface area contributed by atoms with Crippen LogP contribution < -0.4 is 4.90 Å². The maximum atomic E-state index is 13.3. The predicted octanol–water partition coefficient (Wildman–Crippen LogP) is 3.91. The molecule has 1 fully saturated rings. The molecular formula is C19H16BrFN2O4S. The molecule has 1 aliphatic rings. The molecule has 1 saturated heterocycles. The highest BCUT2D eigenvalue weighted by Crippen LogP contribution is 2.35. The fourth-order valence-electron chi connectivity index (χ4n) is 2.91. The van der Waals surface area contributed by atoms with Crippen molar-refractivity contribution in [1.82, 2.24) is 4.98 Å². The lowest BCUT2D eigenvalue weighted by Gasteiger charge is -2.26. The number of anilines is 1. The van der Waals surface area contributed by atoms with Gasteiger partial charge >= 0.3 is 0 Å². The summed E-state index contributed by atoms with van der Waals surface area (Å²) < 4.78 is 51.8. The zero-order chi connectivity index (χ0) is 19.7. The molecule has 146 valence electrons. The molecule has 1 aliphatic heterocycles. The van der Waals surface area contributed by atoms with Crippen molar-refractivity contribution in [1.29, 1.82) is 0 Å². The summed E-state index contributed by atoms with van der Waals surface area (Å²) in [6, 6.07) is 11.9. The van der Waals surface area contributed by atoms with Crippen LogP contribution in [-0.2, 0) is 14.6 Å². The van der Waals surface area contributed by atoms with E-state index in [-0.39, 0.29) is 21.7 Å². The third kappa shape index (κ3) is 3.69. The van der Waals surface area contributed by atoms with Gasteiger partial charge in [0.25, 0.3) is 0 Å². The van der Waals surface area contributed by atoms with E-state index >= 15 is 0 Å². The van der Waals surface area contributed by atoms with Gasteiger partial charge in [0, 0.05) is 23.1 Å². The second-order valence-electron chi connectivity index (χ2n) is 6.20. The van der Waals surface area contributed by atoms with Gasteiger partial charge in [-0.15, -0.1) is 0 Å². The summed E-state index contributed by atoms with van der Waals surface area (Å²) in [5.41, 5.74) is 0.643. The Morgan fingerprint density at radius 3 is 2.46 bits per heavy atom. The zero-order valence-corrected chi connectivity index (χ0v) is 17.0. The van der Waals surface area contributed by atoms with E-state index in [1.807, 2.05) is 12.1 Å². The van der Waals surface area contributed by atoms with Crippen LogP contribution in [0, 0.1) is 5.82 Å². The molecule has 9 heteroatoms. The molecule has 0 radical (unpaired) electrons. The summed E-state index contributed by atoms with van der Waals surface area (Å²) in [5.74, 6) is -0.145. The highest BCUT2D eigenvalue weighted by atomic mass is 79.9. The molecular weight excluding hydrogens is 451 g/mol. The number of ether oxygens (including phenoxy) is 1. The lowest BCUT2D eigenvalue weighted by atomic mass is 10.2. The molecule has 0 unspecified atom stereocenters. The summed E-state index contributed by atoms with van der Waals surface area (Å²) >= 11 is 3.39. The normalized spacial score (nSPS) is 15.0. The van der Waals surface area contributed by atoms with Crippen LogP contribution in [0.5, 0.6) is 0 Å². The molecule has 0 atom stereocenters. The number of benzene rings is 2. The van der Waals surface area contributed by atoms with Crippen molar-refractivity contribution in [3.63, 3.8) is 0 Å². The van der Waals surface area contributed by atoms with Gasteiger partial charge in [-0.2, -0.15) is 4.98 Å². The van der Waals surface area contributed by atoms with E-state index in [0.29, 0.717) is 31.9 Å². The van der Waals surface area contributed by atoms with E-state index in [1.54, 1.807) is 17.0 Å². The monoisotopic (exact) mass is 466 g/mol. The van der Waals surface area contributed by atoms with E-state index in [0.717, 1.165) is 16.6 Å². The van der Waals surface area contributed by atoms with E-state index in [9.17, 15) is 12.8 Å². The minimum atomic E-state index is -4.00. The van der Waals surface area contributed by atoms with Crippen LogP contribution in [0.25, 0.3) is 11.5 Å². The molecule has 1 aromatic heterocycles. The molecule has 0 amide bonds. The van der Waals surface area contributed by atoms with Crippen LogP contribution in [0.2, 0.25) is 0 Å². The average molecular weight is 467 g/mol. The van der Waals surface area contributed by atoms with Crippen molar-refractivity contribution in [3.05, 3.63) is 58.8 Å². The molecule has 0 N–H and O–H groups in total. The van der Waals surface area contributed by atoms with Crippen molar-refractivity contribution < 1.29 is 22.0 Å². The van der Waals surface area contributed by atoms with Crippen molar-refractivity contribution in [2.75, 3.05) is 31.2 Å². The van der Waals surface area contributed by atoms with E-state index < -0.39 is 15.7 Å². The minimum Gasteiger partial charge on any atom is -0.419 e. The van der Waals surface area contributed by atoms with Crippen molar-refractivity contribution >= 4 is 31.7 Å². The lowest BCUT2D eigenvalue weighted by molar-refractivity contribution is 0.120. The number of halogens is 2. The second kappa shape index (κ2) is 7.65. The van der Waals surface area contributed by atoms with Gasteiger partial charge < -0.3 is 14.1 Å². The second-order valence-corrected chi connectivity index (χ2v) is 8.98. The van der Waals surface area contributed by atoms with Crippen LogP contribution in [0.3, 0.4) is 0 Å². The molecule has 2 heterocycles. The highest BCUT2D eigenvalue weighted by Gasteiger charge is 2.32.